The van der Waals surface area contributed by atoms with Crippen LogP contribution in [-0.2, 0) is 9.59 Å². The molecule has 1 saturated heterocycles. The van der Waals surface area contributed by atoms with Gasteiger partial charge in [-0.2, -0.15) is 0 Å². The second-order valence-corrected chi connectivity index (χ2v) is 7.56. The van der Waals surface area contributed by atoms with Crippen LogP contribution in [0.25, 0.3) is 5.76 Å². The lowest BCUT2D eigenvalue weighted by Crippen LogP contribution is -2.29. The summed E-state index contributed by atoms with van der Waals surface area (Å²) < 4.78 is 52.8. The zero-order valence-electron chi connectivity index (χ0n) is 18.9. The number of hydrogen-bond acceptors (Lipinski definition) is 7. The van der Waals surface area contributed by atoms with E-state index in [1.165, 1.54) is 69.1 Å². The minimum atomic E-state index is -4.96. The third-order valence-electron chi connectivity index (χ3n) is 5.46. The Morgan fingerprint density at radius 1 is 0.972 bits per heavy atom. The van der Waals surface area contributed by atoms with Gasteiger partial charge < -0.3 is 19.3 Å². The maximum Gasteiger partial charge on any atom is 0.573 e. The number of anilines is 1. The Bertz CT molecular complexity index is 1340. The van der Waals surface area contributed by atoms with Crippen LogP contribution in [0.4, 0.5) is 18.9 Å². The zero-order valence-corrected chi connectivity index (χ0v) is 18.9. The van der Waals surface area contributed by atoms with Crippen LogP contribution >= 0.6 is 0 Å². The number of hydrogen-bond donors (Lipinski definition) is 1. The summed E-state index contributed by atoms with van der Waals surface area (Å²) in [6.45, 7) is 0. The fourth-order valence-electron chi connectivity index (χ4n) is 3.93. The Kier molecular flexibility index (Phi) is 6.56. The first kappa shape index (κ1) is 24.6. The van der Waals surface area contributed by atoms with Crippen LogP contribution in [0.5, 0.6) is 17.2 Å². The summed E-state index contributed by atoms with van der Waals surface area (Å²) in [5.41, 5.74) is 0.183. The number of methoxy groups -OCH3 is 2. The van der Waals surface area contributed by atoms with Crippen molar-refractivity contribution in [3.05, 3.63) is 83.7 Å². The molecule has 1 aromatic heterocycles. The maximum atomic E-state index is 13.2. The Morgan fingerprint density at radius 2 is 1.69 bits per heavy atom. The van der Waals surface area contributed by atoms with E-state index in [1.807, 2.05) is 0 Å². The largest absolute Gasteiger partial charge is 0.573 e. The minimum Gasteiger partial charge on any atom is -0.507 e. The maximum absolute atomic E-state index is 13.2. The van der Waals surface area contributed by atoms with E-state index in [4.69, 9.17) is 9.47 Å². The molecule has 1 aliphatic rings. The van der Waals surface area contributed by atoms with E-state index in [1.54, 1.807) is 0 Å². The summed E-state index contributed by atoms with van der Waals surface area (Å²) in [5.74, 6) is -2.58. The molecule has 4 rings (SSSR count). The second-order valence-electron chi connectivity index (χ2n) is 7.56. The lowest BCUT2D eigenvalue weighted by molar-refractivity contribution is -0.274. The molecule has 1 atom stereocenters. The molecule has 2 heterocycles. The number of amides is 1. The molecule has 186 valence electrons. The molecular formula is C25H19F3N2O6. The summed E-state index contributed by atoms with van der Waals surface area (Å²) >= 11 is 0. The summed E-state index contributed by atoms with van der Waals surface area (Å²) in [4.78, 5) is 31.3. The monoisotopic (exact) mass is 500 g/mol. The number of aromatic nitrogens is 1. The van der Waals surface area contributed by atoms with Gasteiger partial charge in [0.05, 0.1) is 31.4 Å². The van der Waals surface area contributed by atoms with Gasteiger partial charge in [-0.1, -0.05) is 6.07 Å². The van der Waals surface area contributed by atoms with Crippen molar-refractivity contribution in [1.29, 1.82) is 0 Å². The van der Waals surface area contributed by atoms with Crippen molar-refractivity contribution in [2.45, 2.75) is 12.4 Å². The van der Waals surface area contributed by atoms with Gasteiger partial charge in [0.2, 0.25) is 0 Å². The second kappa shape index (κ2) is 9.61. The quantitative estimate of drug-likeness (QED) is 0.300. The number of carbonyl (C=O) groups excluding carboxylic acids is 2. The van der Waals surface area contributed by atoms with Crippen LogP contribution < -0.4 is 19.1 Å². The first-order valence-corrected chi connectivity index (χ1v) is 10.4. The van der Waals surface area contributed by atoms with Crippen molar-refractivity contribution in [1.82, 2.24) is 4.98 Å². The van der Waals surface area contributed by atoms with Crippen LogP contribution in [0.15, 0.2) is 72.6 Å². The number of benzene rings is 2. The molecule has 0 spiro atoms. The number of pyridine rings is 1. The fourth-order valence-corrected chi connectivity index (χ4v) is 3.93. The number of nitrogens with zero attached hydrogens (tertiary/aromatic N) is 2. The number of ketones is 1. The molecule has 1 unspecified atom stereocenters. The SMILES string of the molecule is COc1ccc(/C(O)=C2/C(=O)C(=O)N(c3cccc(OC(F)(F)F)c3)C2c2ccncc2)c(OC)c1. The highest BCUT2D eigenvalue weighted by molar-refractivity contribution is 6.51. The third kappa shape index (κ3) is 4.67. The Balaban J connectivity index is 1.91. The first-order valence-electron chi connectivity index (χ1n) is 10.4. The highest BCUT2D eigenvalue weighted by Crippen LogP contribution is 2.44. The van der Waals surface area contributed by atoms with Crippen LogP contribution in [0.3, 0.4) is 0 Å². The Labute approximate surface area is 203 Å². The van der Waals surface area contributed by atoms with Gasteiger partial charge in [-0.15, -0.1) is 13.2 Å². The average molecular weight is 500 g/mol. The van der Waals surface area contributed by atoms with Gasteiger partial charge in [0, 0.05) is 30.2 Å². The van der Waals surface area contributed by atoms with E-state index in [-0.39, 0.29) is 22.6 Å². The van der Waals surface area contributed by atoms with E-state index in [2.05, 4.69) is 9.72 Å². The van der Waals surface area contributed by atoms with Crippen molar-refractivity contribution < 1.29 is 42.1 Å². The topological polar surface area (TPSA) is 98.2 Å². The average Bonchev–Trinajstić information content (AvgIpc) is 3.13. The number of Topliss-reactive ketones (excluding diaryl/α,β-unsaturated/α-hetero) is 1. The number of halogens is 3. The van der Waals surface area contributed by atoms with Crippen LogP contribution in [-0.4, -0.2) is 42.4 Å². The molecule has 1 amide bonds. The van der Waals surface area contributed by atoms with Crippen LogP contribution in [0.2, 0.25) is 0 Å². The fraction of sp³-hybridized carbons (Fsp3) is 0.160. The smallest absolute Gasteiger partial charge is 0.507 e. The molecule has 3 aromatic rings. The molecule has 0 bridgehead atoms. The van der Waals surface area contributed by atoms with Crippen molar-refractivity contribution in [2.75, 3.05) is 19.1 Å². The molecule has 0 saturated carbocycles. The molecule has 1 aliphatic heterocycles. The summed E-state index contributed by atoms with van der Waals surface area (Å²) in [7, 11) is 2.80. The number of alkyl halides is 3. The number of ether oxygens (including phenoxy) is 3. The van der Waals surface area contributed by atoms with Gasteiger partial charge in [-0.25, -0.2) is 0 Å². The normalized spacial score (nSPS) is 17.2. The minimum absolute atomic E-state index is 0.0404. The molecular weight excluding hydrogens is 481 g/mol. The van der Waals surface area contributed by atoms with Gasteiger partial charge >= 0.3 is 6.36 Å². The summed E-state index contributed by atoms with van der Waals surface area (Å²) in [5, 5.41) is 11.3. The molecule has 36 heavy (non-hydrogen) atoms. The molecule has 0 radical (unpaired) electrons. The standard InChI is InChI=1S/C25H19F3N2O6/c1-34-16-6-7-18(19(13-16)35-2)22(31)20-21(14-8-10-29-11-9-14)30(24(33)23(20)32)15-4-3-5-17(12-15)36-25(26,27)28/h3-13,21,31H,1-2H3/b22-20-. The lowest BCUT2D eigenvalue weighted by atomic mass is 9.95. The number of aliphatic hydroxyl groups is 1. The summed E-state index contributed by atoms with van der Waals surface area (Å²) in [6, 6.07) is 11.0. The van der Waals surface area contributed by atoms with Crippen molar-refractivity contribution >= 4 is 23.1 Å². The van der Waals surface area contributed by atoms with Crippen LogP contribution in [0.1, 0.15) is 17.2 Å². The third-order valence-corrected chi connectivity index (χ3v) is 5.46. The Hall–Kier alpha value is -4.54. The van der Waals surface area contributed by atoms with E-state index in [9.17, 15) is 27.9 Å². The number of rotatable bonds is 6. The predicted octanol–water partition coefficient (Wildman–Crippen LogP) is 4.62. The number of carbonyl (C=O) groups is 2. The van der Waals surface area contributed by atoms with Crippen molar-refractivity contribution in [3.8, 4) is 17.2 Å². The molecule has 11 heteroatoms. The van der Waals surface area contributed by atoms with E-state index in [0.29, 0.717) is 11.3 Å². The first-order chi connectivity index (χ1) is 17.1. The molecule has 1 fully saturated rings. The molecule has 8 nitrogen and oxygen atoms in total. The van der Waals surface area contributed by atoms with Gasteiger partial charge in [0.25, 0.3) is 11.7 Å². The van der Waals surface area contributed by atoms with Crippen LogP contribution in [0, 0.1) is 0 Å². The molecule has 0 aliphatic carbocycles. The summed E-state index contributed by atoms with van der Waals surface area (Å²) in [6.07, 6.45) is -2.11. The Morgan fingerprint density at radius 3 is 2.33 bits per heavy atom. The molecule has 2 aromatic carbocycles. The lowest BCUT2D eigenvalue weighted by Gasteiger charge is -2.26. The van der Waals surface area contributed by atoms with E-state index >= 15 is 0 Å². The highest BCUT2D eigenvalue weighted by atomic mass is 19.4. The van der Waals surface area contributed by atoms with Gasteiger partial charge in [-0.05, 0) is 42.0 Å². The van der Waals surface area contributed by atoms with E-state index in [0.717, 1.165) is 17.0 Å². The van der Waals surface area contributed by atoms with Crippen molar-refractivity contribution in [3.63, 3.8) is 0 Å². The molecule has 1 N–H and O–H groups in total. The number of aliphatic hydroxyl groups excluding tert-OH is 1. The zero-order chi connectivity index (χ0) is 26.0. The van der Waals surface area contributed by atoms with Gasteiger partial charge in [-0.3, -0.25) is 19.5 Å². The van der Waals surface area contributed by atoms with Crippen molar-refractivity contribution in [2.24, 2.45) is 0 Å². The highest BCUT2D eigenvalue weighted by Gasteiger charge is 2.47. The predicted molar refractivity (Wildman–Crippen MR) is 122 cm³/mol. The van der Waals surface area contributed by atoms with E-state index < -0.39 is 35.6 Å². The van der Waals surface area contributed by atoms with Gasteiger partial charge in [0.15, 0.2) is 0 Å². The van der Waals surface area contributed by atoms with Gasteiger partial charge in [0.1, 0.15) is 23.0 Å².